The van der Waals surface area contributed by atoms with E-state index in [1.165, 1.54) is 12.1 Å². The monoisotopic (exact) mass is 968 g/mol. The van der Waals surface area contributed by atoms with Crippen LogP contribution < -0.4 is 16.9 Å². The smallest absolute Gasteiger partial charge is 0.399 e. The van der Waals surface area contributed by atoms with E-state index < -0.39 is 30.0 Å². The molecule has 16 heteroatoms. The van der Waals surface area contributed by atoms with Crippen molar-refractivity contribution in [1.29, 1.82) is 10.5 Å². The molecule has 2 aromatic heterocycles. The molecule has 0 unspecified atom stereocenters. The number of nitrogens with two attached hydrogens (primary N) is 2. The first-order valence-electron chi connectivity index (χ1n) is 22.0. The van der Waals surface area contributed by atoms with Crippen LogP contribution in [-0.4, -0.2) is 77.3 Å². The SMILES string of the molecule is Cc1cc2c(cc1C#N)c(-c1cccc(N)c1F)cn2CCCOCCCO.Cc1cc2c(cc1C#N)c(B1OC(C)(C)C(C)(C)O1)cn2CCCOCCCO.Nc1cccc(Br)c1F. The van der Waals surface area contributed by atoms with Crippen LogP contribution in [0.25, 0.3) is 32.9 Å². The number of aryl methyl sites for hydroxylation is 4. The minimum atomic E-state index is -0.473. The van der Waals surface area contributed by atoms with Gasteiger partial charge in [-0.1, -0.05) is 18.2 Å². The van der Waals surface area contributed by atoms with Crippen LogP contribution in [0.15, 0.2) is 77.5 Å². The molecule has 0 saturated carbocycles. The van der Waals surface area contributed by atoms with Gasteiger partial charge in [-0.2, -0.15) is 10.5 Å². The van der Waals surface area contributed by atoms with Crippen molar-refractivity contribution in [3.8, 4) is 23.3 Å². The first-order chi connectivity index (χ1) is 31.5. The molecular formula is C50H60BBrF2N6O6. The number of benzene rings is 4. The first kappa shape index (κ1) is 51.7. The van der Waals surface area contributed by atoms with Crippen LogP contribution in [0.3, 0.4) is 0 Å². The van der Waals surface area contributed by atoms with Crippen LogP contribution in [-0.2, 0) is 31.9 Å². The lowest BCUT2D eigenvalue weighted by Gasteiger charge is -2.32. The molecule has 1 aliphatic heterocycles. The summed E-state index contributed by atoms with van der Waals surface area (Å²) >= 11 is 2.99. The minimum Gasteiger partial charge on any atom is -0.399 e. The van der Waals surface area contributed by atoms with Gasteiger partial charge in [-0.25, -0.2) is 8.78 Å². The van der Waals surface area contributed by atoms with Gasteiger partial charge in [0, 0.05) is 104 Å². The molecule has 7 rings (SSSR count). The number of fused-ring (bicyclic) bond motifs is 2. The van der Waals surface area contributed by atoms with Gasteiger partial charge in [0.25, 0.3) is 0 Å². The minimum absolute atomic E-state index is 0.100. The van der Waals surface area contributed by atoms with E-state index in [1.54, 1.807) is 24.3 Å². The molecule has 1 saturated heterocycles. The Labute approximate surface area is 394 Å². The summed E-state index contributed by atoms with van der Waals surface area (Å²) < 4.78 is 55.5. The van der Waals surface area contributed by atoms with Crippen molar-refractivity contribution >= 4 is 61.7 Å². The van der Waals surface area contributed by atoms with Crippen LogP contribution in [0.4, 0.5) is 20.2 Å². The van der Waals surface area contributed by atoms with Gasteiger partial charge in [-0.05, 0) is 137 Å². The molecular weight excluding hydrogens is 909 g/mol. The Bertz CT molecular complexity index is 2650. The number of rotatable bonds is 16. The lowest BCUT2D eigenvalue weighted by molar-refractivity contribution is 0.00578. The Hall–Kier alpha value is -5.30. The number of aromatic nitrogens is 2. The maximum Gasteiger partial charge on any atom is 0.497 e. The number of nitriles is 2. The summed E-state index contributed by atoms with van der Waals surface area (Å²) in [5, 5.41) is 38.4. The lowest BCUT2D eigenvalue weighted by Crippen LogP contribution is -2.41. The quantitative estimate of drug-likeness (QED) is 0.0414. The second-order valence-electron chi connectivity index (χ2n) is 17.1. The molecule has 4 aromatic carbocycles. The van der Waals surface area contributed by atoms with Crippen molar-refractivity contribution in [3.63, 3.8) is 0 Å². The van der Waals surface area contributed by atoms with E-state index in [-0.39, 0.29) is 24.6 Å². The molecule has 1 aliphatic rings. The van der Waals surface area contributed by atoms with Crippen molar-refractivity contribution in [2.75, 3.05) is 51.1 Å². The Balaban J connectivity index is 0.000000208. The molecule has 6 N–H and O–H groups in total. The zero-order valence-electron chi connectivity index (χ0n) is 38.6. The molecule has 0 spiro atoms. The van der Waals surface area contributed by atoms with E-state index in [4.69, 9.17) is 40.5 Å². The molecule has 1 fully saturated rings. The highest BCUT2D eigenvalue weighted by Gasteiger charge is 2.52. The number of hydrogen-bond acceptors (Lipinski definition) is 10. The molecule has 0 aliphatic carbocycles. The van der Waals surface area contributed by atoms with Gasteiger partial charge in [0.05, 0.1) is 50.3 Å². The van der Waals surface area contributed by atoms with Gasteiger partial charge in [0.2, 0.25) is 0 Å². The van der Waals surface area contributed by atoms with Crippen molar-refractivity contribution in [1.82, 2.24) is 9.13 Å². The van der Waals surface area contributed by atoms with Crippen LogP contribution in [0.1, 0.15) is 75.6 Å². The third-order valence-electron chi connectivity index (χ3n) is 11.8. The highest BCUT2D eigenvalue weighted by atomic mass is 79.9. The van der Waals surface area contributed by atoms with Crippen LogP contribution in [0.5, 0.6) is 0 Å². The van der Waals surface area contributed by atoms with Crippen LogP contribution >= 0.6 is 15.9 Å². The summed E-state index contributed by atoms with van der Waals surface area (Å²) in [6.07, 6.45) is 6.93. The molecule has 3 heterocycles. The summed E-state index contributed by atoms with van der Waals surface area (Å²) in [7, 11) is -0.473. The van der Waals surface area contributed by atoms with E-state index in [2.05, 4.69) is 49.5 Å². The van der Waals surface area contributed by atoms with Gasteiger partial charge in [-0.15, -0.1) is 0 Å². The second-order valence-corrected chi connectivity index (χ2v) is 18.0. The van der Waals surface area contributed by atoms with Gasteiger partial charge in [0.15, 0.2) is 11.6 Å². The summed E-state index contributed by atoms with van der Waals surface area (Å²) in [4.78, 5) is 0. The molecule has 0 bridgehead atoms. The number of ether oxygens (including phenoxy) is 2. The molecule has 66 heavy (non-hydrogen) atoms. The Morgan fingerprint density at radius 1 is 0.682 bits per heavy atom. The standard InChI is InChI=1S/C22H31BN2O4.C22H24FN3O2.C6H5BrFN/c1-16-12-20-18(13-17(16)14-24)19(23-28-21(2,3)22(4,5)29-23)15-25(20)8-6-10-27-11-7-9-26;1-15-11-21-18(12-16(15)13-24)19(17-5-2-6-20(25)22(17)23)14-26(21)7-3-9-28-10-4-8-27;7-4-2-1-3-5(9)6(4)8/h12-13,15,26H,6-11H2,1-5H3;2,5-6,11-12,14,27H,3-4,7-10,25H2,1H3;1-3H,9H2. The zero-order valence-corrected chi connectivity index (χ0v) is 40.2. The average molecular weight is 970 g/mol. The van der Waals surface area contributed by atoms with Gasteiger partial charge < -0.3 is 49.6 Å². The molecule has 0 atom stereocenters. The fourth-order valence-electron chi connectivity index (χ4n) is 7.38. The summed E-state index contributed by atoms with van der Waals surface area (Å²) in [5.74, 6) is -0.842. The normalized spacial score (nSPS) is 13.8. The van der Waals surface area contributed by atoms with E-state index in [1.807, 2.05) is 65.9 Å². The number of nitrogen functional groups attached to an aromatic ring is 2. The Morgan fingerprint density at radius 3 is 1.65 bits per heavy atom. The highest BCUT2D eigenvalue weighted by molar-refractivity contribution is 9.10. The lowest BCUT2D eigenvalue weighted by atomic mass is 9.78. The van der Waals surface area contributed by atoms with Gasteiger partial charge in [-0.3, -0.25) is 0 Å². The van der Waals surface area contributed by atoms with E-state index in [0.29, 0.717) is 67.0 Å². The van der Waals surface area contributed by atoms with Crippen LogP contribution in [0, 0.1) is 48.1 Å². The van der Waals surface area contributed by atoms with Crippen molar-refractivity contribution in [2.24, 2.45) is 0 Å². The fourth-order valence-corrected chi connectivity index (χ4v) is 7.76. The molecule has 0 radical (unpaired) electrons. The largest absolute Gasteiger partial charge is 0.497 e. The number of aliphatic hydroxyl groups excluding tert-OH is 2. The third kappa shape index (κ3) is 12.4. The maximum atomic E-state index is 14.7. The van der Waals surface area contributed by atoms with Gasteiger partial charge in [0.1, 0.15) is 0 Å². The summed E-state index contributed by atoms with van der Waals surface area (Å²) in [6, 6.07) is 22.0. The number of nitrogens with zero attached hydrogens (tertiary/aromatic N) is 4. The average Bonchev–Trinajstić information content (AvgIpc) is 3.89. The predicted molar refractivity (Wildman–Crippen MR) is 261 cm³/mol. The number of hydrogen-bond donors (Lipinski definition) is 4. The van der Waals surface area contributed by atoms with E-state index >= 15 is 0 Å². The Morgan fingerprint density at radius 2 is 1.15 bits per heavy atom. The number of anilines is 2. The van der Waals surface area contributed by atoms with Crippen molar-refractivity contribution in [2.45, 2.75) is 91.5 Å². The number of aliphatic hydroxyl groups is 2. The number of halogens is 3. The molecule has 350 valence electrons. The molecule has 6 aromatic rings. The first-order valence-corrected chi connectivity index (χ1v) is 22.8. The summed E-state index contributed by atoms with van der Waals surface area (Å²) in [6.45, 7) is 16.1. The highest BCUT2D eigenvalue weighted by Crippen LogP contribution is 2.38. The molecule has 0 amide bonds. The maximum absolute atomic E-state index is 14.7. The van der Waals surface area contributed by atoms with E-state index in [9.17, 15) is 19.3 Å². The predicted octanol–water partition coefficient (Wildman–Crippen LogP) is 9.08. The van der Waals surface area contributed by atoms with E-state index in [0.717, 1.165) is 63.3 Å². The second kappa shape index (κ2) is 23.4. The zero-order chi connectivity index (χ0) is 48.2. The Kier molecular flexibility index (Phi) is 18.4. The summed E-state index contributed by atoms with van der Waals surface area (Å²) in [5.41, 5.74) is 17.6. The van der Waals surface area contributed by atoms with Gasteiger partial charge >= 0.3 is 7.12 Å². The van der Waals surface area contributed by atoms with Crippen molar-refractivity contribution < 1.29 is 37.8 Å². The third-order valence-corrected chi connectivity index (χ3v) is 12.4. The topological polar surface area (TPSA) is 187 Å². The fraction of sp³-hybridized carbons (Fsp3) is 0.400. The van der Waals surface area contributed by atoms with Crippen molar-refractivity contribution in [3.05, 3.63) is 111 Å². The molecule has 12 nitrogen and oxygen atoms in total. The van der Waals surface area contributed by atoms with Crippen LogP contribution in [0.2, 0.25) is 0 Å².